The second kappa shape index (κ2) is 9.56. The number of piperidine rings is 1. The van der Waals surface area contributed by atoms with Crippen molar-refractivity contribution in [3.05, 3.63) is 46.3 Å². The first-order valence-corrected chi connectivity index (χ1v) is 9.34. The summed E-state index contributed by atoms with van der Waals surface area (Å²) in [7, 11) is 0. The number of rotatable bonds is 6. The molecule has 0 unspecified atom stereocenters. The lowest BCUT2D eigenvalue weighted by molar-refractivity contribution is -0.385. The van der Waals surface area contributed by atoms with Crippen LogP contribution in [-0.2, 0) is 9.47 Å². The second-order valence-electron chi connectivity index (χ2n) is 6.37. The molecule has 1 saturated heterocycles. The first-order chi connectivity index (χ1) is 14.5. The van der Waals surface area contributed by atoms with E-state index >= 15 is 0 Å². The molecule has 2 aromatic rings. The van der Waals surface area contributed by atoms with Gasteiger partial charge in [-0.05, 0) is 25.1 Å². The largest absolute Gasteiger partial charge is 0.508 e. The third-order valence-electron chi connectivity index (χ3n) is 4.43. The van der Waals surface area contributed by atoms with Crippen molar-refractivity contribution in [1.29, 1.82) is 0 Å². The van der Waals surface area contributed by atoms with Gasteiger partial charge in [-0.25, -0.2) is 9.78 Å². The Labute approximate surface area is 172 Å². The first kappa shape index (κ1) is 20.9. The maximum Gasteiger partial charge on any atom is 0.508 e. The summed E-state index contributed by atoms with van der Waals surface area (Å²) < 4.78 is 15.6. The van der Waals surface area contributed by atoms with Crippen LogP contribution in [0.25, 0.3) is 0 Å². The number of ether oxygens (including phenoxy) is 3. The molecule has 1 aromatic heterocycles. The van der Waals surface area contributed by atoms with Gasteiger partial charge in [-0.1, -0.05) is 12.0 Å². The Kier molecular flexibility index (Phi) is 6.64. The number of terminal acetylenes is 1. The Balaban J connectivity index is 1.78. The fourth-order valence-electron chi connectivity index (χ4n) is 3.05. The Bertz CT molecular complexity index is 966. The average Bonchev–Trinajstić information content (AvgIpc) is 2.74. The van der Waals surface area contributed by atoms with E-state index in [1.54, 1.807) is 36.1 Å². The van der Waals surface area contributed by atoms with E-state index in [0.717, 1.165) is 0 Å². The van der Waals surface area contributed by atoms with Gasteiger partial charge in [-0.15, -0.1) is 6.42 Å². The van der Waals surface area contributed by atoms with Gasteiger partial charge in [0.15, 0.2) is 0 Å². The summed E-state index contributed by atoms with van der Waals surface area (Å²) in [6.07, 6.45) is 6.54. The maximum absolute atomic E-state index is 11.8. The van der Waals surface area contributed by atoms with E-state index < -0.39 is 11.1 Å². The number of aromatic nitrogens is 2. The average molecular weight is 412 g/mol. The van der Waals surface area contributed by atoms with Crippen molar-refractivity contribution in [3.8, 4) is 24.0 Å². The molecule has 0 atom stereocenters. The highest BCUT2D eigenvalue weighted by molar-refractivity contribution is 5.64. The molecule has 0 amide bonds. The number of hydrogen-bond donors (Lipinski definition) is 0. The number of anilines is 1. The molecule has 1 fully saturated rings. The van der Waals surface area contributed by atoms with Gasteiger partial charge in [0, 0.05) is 31.5 Å². The molecule has 10 heteroatoms. The van der Waals surface area contributed by atoms with E-state index in [4.69, 9.17) is 20.6 Å². The number of carbonyl (C=O) groups excluding carboxylic acids is 1. The molecule has 1 aliphatic rings. The van der Waals surface area contributed by atoms with E-state index in [9.17, 15) is 14.9 Å². The van der Waals surface area contributed by atoms with Crippen LogP contribution in [0, 0.1) is 22.5 Å². The predicted molar refractivity (Wildman–Crippen MR) is 106 cm³/mol. The van der Waals surface area contributed by atoms with Crippen LogP contribution in [0.5, 0.6) is 11.6 Å². The summed E-state index contributed by atoms with van der Waals surface area (Å²) in [6.45, 7) is 2.75. The van der Waals surface area contributed by atoms with Gasteiger partial charge in [-0.3, -0.25) is 10.1 Å². The van der Waals surface area contributed by atoms with Crippen LogP contribution in [0.15, 0.2) is 30.6 Å². The van der Waals surface area contributed by atoms with Crippen LogP contribution in [0.4, 0.5) is 16.3 Å². The third-order valence-corrected chi connectivity index (χ3v) is 4.43. The van der Waals surface area contributed by atoms with E-state index in [-0.39, 0.29) is 30.1 Å². The van der Waals surface area contributed by atoms with Crippen molar-refractivity contribution in [2.24, 2.45) is 0 Å². The minimum atomic E-state index is -0.714. The highest BCUT2D eigenvalue weighted by Crippen LogP contribution is 2.37. The third kappa shape index (κ3) is 4.94. The van der Waals surface area contributed by atoms with Crippen LogP contribution in [-0.4, -0.2) is 46.8 Å². The summed E-state index contributed by atoms with van der Waals surface area (Å²) in [5.41, 5.74) is 0.237. The predicted octanol–water partition coefficient (Wildman–Crippen LogP) is 3.30. The molecule has 0 saturated carbocycles. The molecule has 0 N–H and O–H groups in total. The van der Waals surface area contributed by atoms with Crippen molar-refractivity contribution in [1.82, 2.24) is 9.97 Å². The topological polar surface area (TPSA) is 117 Å². The van der Waals surface area contributed by atoms with Gasteiger partial charge in [0.2, 0.25) is 5.82 Å². The lowest BCUT2D eigenvalue weighted by atomic mass is 10.1. The van der Waals surface area contributed by atoms with Crippen LogP contribution < -0.4 is 9.64 Å². The Morgan fingerprint density at radius 3 is 2.80 bits per heavy atom. The number of nitrogens with zero attached hydrogens (tertiary/aromatic N) is 4. The maximum atomic E-state index is 11.8. The van der Waals surface area contributed by atoms with Gasteiger partial charge in [-0.2, -0.15) is 4.98 Å². The summed E-state index contributed by atoms with van der Waals surface area (Å²) in [6, 6.07) is 6.62. The minimum Gasteiger partial charge on any atom is -0.435 e. The number of benzene rings is 1. The molecule has 2 heterocycles. The SMILES string of the molecule is C#Cc1cccc(Oc2ncnc(N3CCC(OC(=O)OCC)CC3)c2[N+](=O)[O-])c1. The van der Waals surface area contributed by atoms with E-state index in [1.807, 2.05) is 0 Å². The molecule has 1 aromatic carbocycles. The van der Waals surface area contributed by atoms with Crippen molar-refractivity contribution < 1.29 is 23.9 Å². The normalized spacial score (nSPS) is 13.9. The molecule has 10 nitrogen and oxygen atoms in total. The van der Waals surface area contributed by atoms with E-state index in [1.165, 1.54) is 6.33 Å². The molecular weight excluding hydrogens is 392 g/mol. The molecule has 0 bridgehead atoms. The Morgan fingerprint density at radius 1 is 1.37 bits per heavy atom. The number of carbonyl (C=O) groups is 1. The van der Waals surface area contributed by atoms with Crippen molar-refractivity contribution in [3.63, 3.8) is 0 Å². The monoisotopic (exact) mass is 412 g/mol. The molecular formula is C20H20N4O6. The molecule has 0 spiro atoms. The molecule has 3 rings (SSSR count). The summed E-state index contributed by atoms with van der Waals surface area (Å²) >= 11 is 0. The second-order valence-corrected chi connectivity index (χ2v) is 6.37. The van der Waals surface area contributed by atoms with Crippen molar-refractivity contribution in [2.45, 2.75) is 25.9 Å². The zero-order chi connectivity index (χ0) is 21.5. The van der Waals surface area contributed by atoms with Crippen LogP contribution in [0.1, 0.15) is 25.3 Å². The quantitative estimate of drug-likeness (QED) is 0.305. The zero-order valence-electron chi connectivity index (χ0n) is 16.3. The fourth-order valence-corrected chi connectivity index (χ4v) is 3.05. The van der Waals surface area contributed by atoms with Gasteiger partial charge >= 0.3 is 17.7 Å². The molecule has 1 aliphatic heterocycles. The highest BCUT2D eigenvalue weighted by Gasteiger charge is 2.32. The zero-order valence-corrected chi connectivity index (χ0v) is 16.3. The fraction of sp³-hybridized carbons (Fsp3) is 0.350. The molecule has 0 radical (unpaired) electrons. The van der Waals surface area contributed by atoms with Crippen LogP contribution in [0.2, 0.25) is 0 Å². The van der Waals surface area contributed by atoms with Crippen molar-refractivity contribution in [2.75, 3.05) is 24.6 Å². The van der Waals surface area contributed by atoms with Gasteiger partial charge in [0.25, 0.3) is 0 Å². The Morgan fingerprint density at radius 2 is 2.13 bits per heavy atom. The van der Waals surface area contributed by atoms with Gasteiger partial charge in [0.1, 0.15) is 18.2 Å². The lowest BCUT2D eigenvalue weighted by Crippen LogP contribution is -2.38. The van der Waals surface area contributed by atoms with E-state index in [2.05, 4.69) is 15.9 Å². The lowest BCUT2D eigenvalue weighted by Gasteiger charge is -2.31. The molecule has 30 heavy (non-hydrogen) atoms. The van der Waals surface area contributed by atoms with Crippen LogP contribution in [0.3, 0.4) is 0 Å². The smallest absolute Gasteiger partial charge is 0.435 e. The van der Waals surface area contributed by atoms with Gasteiger partial charge < -0.3 is 19.1 Å². The molecule has 0 aliphatic carbocycles. The minimum absolute atomic E-state index is 0.146. The standard InChI is InChI=1S/C20H20N4O6/c1-3-14-6-5-7-16(12-14)29-19-17(24(26)27)18(21-13-22-19)23-10-8-15(9-11-23)30-20(25)28-4-2/h1,5-7,12-13,15H,4,8-11H2,2H3. The summed E-state index contributed by atoms with van der Waals surface area (Å²) in [5.74, 6) is 2.78. The molecule has 156 valence electrons. The summed E-state index contributed by atoms with van der Waals surface area (Å²) in [4.78, 5) is 32.5. The number of hydrogen-bond acceptors (Lipinski definition) is 9. The highest BCUT2D eigenvalue weighted by atomic mass is 16.7. The summed E-state index contributed by atoms with van der Waals surface area (Å²) in [5, 5.41) is 11.8. The van der Waals surface area contributed by atoms with Crippen molar-refractivity contribution >= 4 is 17.7 Å². The first-order valence-electron chi connectivity index (χ1n) is 9.34. The Hall–Kier alpha value is -3.87. The van der Waals surface area contributed by atoms with Gasteiger partial charge in [0.05, 0.1) is 11.5 Å². The number of nitro groups is 1. The van der Waals surface area contributed by atoms with E-state index in [0.29, 0.717) is 37.2 Å². The van der Waals surface area contributed by atoms with Crippen LogP contribution >= 0.6 is 0 Å².